The summed E-state index contributed by atoms with van der Waals surface area (Å²) in [6.07, 6.45) is 1.24. The van der Waals surface area contributed by atoms with Crippen molar-refractivity contribution in [2.75, 3.05) is 19.7 Å². The van der Waals surface area contributed by atoms with E-state index >= 15 is 0 Å². The highest BCUT2D eigenvalue weighted by Gasteiger charge is 2.36. The van der Waals surface area contributed by atoms with Gasteiger partial charge in [-0.3, -0.25) is 0 Å². The van der Waals surface area contributed by atoms with E-state index in [1.165, 1.54) is 0 Å². The number of ether oxygens (including phenoxy) is 1. The van der Waals surface area contributed by atoms with Crippen molar-refractivity contribution in [1.82, 2.24) is 4.90 Å². The molecule has 1 amide bonds. The number of hydrogen-bond donors (Lipinski definition) is 2. The van der Waals surface area contributed by atoms with Crippen molar-refractivity contribution in [2.24, 2.45) is 5.92 Å². The molecule has 0 aromatic heterocycles. The predicted molar refractivity (Wildman–Crippen MR) is 78.6 cm³/mol. The molecule has 116 valence electrons. The zero-order valence-electron chi connectivity index (χ0n) is 12.4. The smallest absolute Gasteiger partial charge is 0.410 e. The number of hydrogen-bond acceptors (Lipinski definition) is 4. The van der Waals surface area contributed by atoms with E-state index in [1.807, 2.05) is 30.3 Å². The first-order valence-corrected chi connectivity index (χ1v) is 7.32. The molecule has 1 aliphatic rings. The van der Waals surface area contributed by atoms with E-state index in [9.17, 15) is 15.0 Å². The van der Waals surface area contributed by atoms with E-state index in [0.29, 0.717) is 13.1 Å². The third-order valence-corrected chi connectivity index (χ3v) is 4.08. The van der Waals surface area contributed by atoms with Crippen molar-refractivity contribution in [1.29, 1.82) is 0 Å². The number of aliphatic hydroxyl groups excluding tert-OH is 1. The number of nitrogens with zero attached hydrogens (tertiary/aromatic N) is 1. The third-order valence-electron chi connectivity index (χ3n) is 4.08. The van der Waals surface area contributed by atoms with Crippen LogP contribution in [0.1, 0.15) is 25.3 Å². The summed E-state index contributed by atoms with van der Waals surface area (Å²) in [6.45, 7) is 2.60. The Bertz CT molecular complexity index is 461. The van der Waals surface area contributed by atoms with Gasteiger partial charge in [0.25, 0.3) is 0 Å². The lowest BCUT2D eigenvalue weighted by Crippen LogP contribution is -2.49. The molecular formula is C16H23NO4. The zero-order valence-corrected chi connectivity index (χ0v) is 12.4. The Kier molecular flexibility index (Phi) is 5.20. The molecule has 1 saturated heterocycles. The van der Waals surface area contributed by atoms with Crippen molar-refractivity contribution >= 4 is 6.09 Å². The quantitative estimate of drug-likeness (QED) is 0.888. The molecule has 2 N–H and O–H groups in total. The second-order valence-electron chi connectivity index (χ2n) is 5.84. The lowest BCUT2D eigenvalue weighted by molar-refractivity contribution is -0.0671. The Labute approximate surface area is 125 Å². The lowest BCUT2D eigenvalue weighted by Gasteiger charge is -2.39. The monoisotopic (exact) mass is 293 g/mol. The van der Waals surface area contributed by atoms with Gasteiger partial charge in [-0.2, -0.15) is 0 Å². The number of piperidine rings is 1. The molecule has 1 fully saturated rings. The summed E-state index contributed by atoms with van der Waals surface area (Å²) in [5.74, 6) is -0.125. The van der Waals surface area contributed by atoms with Gasteiger partial charge in [-0.15, -0.1) is 0 Å². The molecule has 0 saturated carbocycles. The average Bonchev–Trinajstić information content (AvgIpc) is 2.53. The van der Waals surface area contributed by atoms with Crippen LogP contribution in [0.4, 0.5) is 4.79 Å². The van der Waals surface area contributed by atoms with Crippen LogP contribution in [0.2, 0.25) is 0 Å². The van der Waals surface area contributed by atoms with Crippen molar-refractivity contribution in [2.45, 2.75) is 32.0 Å². The van der Waals surface area contributed by atoms with E-state index in [1.54, 1.807) is 11.8 Å². The second kappa shape index (κ2) is 6.91. The van der Waals surface area contributed by atoms with Crippen LogP contribution in [0.15, 0.2) is 30.3 Å². The van der Waals surface area contributed by atoms with Gasteiger partial charge in [-0.25, -0.2) is 4.79 Å². The third kappa shape index (κ3) is 4.19. The first kappa shape index (κ1) is 15.8. The number of rotatable bonds is 4. The molecule has 2 rings (SSSR count). The maximum Gasteiger partial charge on any atom is 0.410 e. The molecule has 0 unspecified atom stereocenters. The zero-order chi connectivity index (χ0) is 15.3. The summed E-state index contributed by atoms with van der Waals surface area (Å²) in [4.78, 5) is 13.7. The van der Waals surface area contributed by atoms with E-state index in [2.05, 4.69) is 0 Å². The highest BCUT2D eigenvalue weighted by molar-refractivity contribution is 5.67. The number of likely N-dealkylation sites (tertiary alicyclic amines) is 1. The topological polar surface area (TPSA) is 70.0 Å². The van der Waals surface area contributed by atoms with E-state index in [-0.39, 0.29) is 25.2 Å². The fourth-order valence-corrected chi connectivity index (χ4v) is 2.59. The van der Waals surface area contributed by atoms with Gasteiger partial charge in [0.15, 0.2) is 0 Å². The van der Waals surface area contributed by atoms with Crippen LogP contribution < -0.4 is 0 Å². The van der Waals surface area contributed by atoms with Gasteiger partial charge in [0.05, 0.1) is 12.2 Å². The normalized spacial score (nSPS) is 21.7. The number of aliphatic hydroxyl groups is 2. The average molecular weight is 293 g/mol. The lowest BCUT2D eigenvalue weighted by atomic mass is 9.83. The summed E-state index contributed by atoms with van der Waals surface area (Å²) in [6, 6.07) is 9.53. The summed E-state index contributed by atoms with van der Waals surface area (Å²) in [5, 5.41) is 19.4. The van der Waals surface area contributed by atoms with Crippen LogP contribution in [0.25, 0.3) is 0 Å². The van der Waals surface area contributed by atoms with Gasteiger partial charge in [-0.05, 0) is 25.3 Å². The minimum atomic E-state index is -1.15. The van der Waals surface area contributed by atoms with Crippen LogP contribution in [0.3, 0.4) is 0 Å². The highest BCUT2D eigenvalue weighted by atomic mass is 16.6. The molecule has 0 spiro atoms. The number of carbonyl (C=O) groups excluding carboxylic acids is 1. The van der Waals surface area contributed by atoms with Crippen molar-refractivity contribution < 1.29 is 19.7 Å². The van der Waals surface area contributed by atoms with Gasteiger partial charge in [0, 0.05) is 19.0 Å². The van der Waals surface area contributed by atoms with Gasteiger partial charge < -0.3 is 19.8 Å². The molecule has 0 radical (unpaired) electrons. The fraction of sp³-hybridized carbons (Fsp3) is 0.562. The minimum Gasteiger partial charge on any atom is -0.445 e. The molecule has 1 aliphatic heterocycles. The molecule has 1 aromatic carbocycles. The van der Waals surface area contributed by atoms with Gasteiger partial charge in [0.1, 0.15) is 6.61 Å². The van der Waals surface area contributed by atoms with E-state index in [4.69, 9.17) is 4.74 Å². The van der Waals surface area contributed by atoms with Crippen LogP contribution >= 0.6 is 0 Å². The summed E-state index contributed by atoms with van der Waals surface area (Å²) in [5.41, 5.74) is -0.208. The summed E-state index contributed by atoms with van der Waals surface area (Å²) < 4.78 is 5.31. The molecule has 2 atom stereocenters. The van der Waals surface area contributed by atoms with Crippen LogP contribution in [-0.2, 0) is 11.3 Å². The largest absolute Gasteiger partial charge is 0.445 e. The number of carbonyl (C=O) groups is 1. The van der Waals surface area contributed by atoms with Crippen LogP contribution in [0.5, 0.6) is 0 Å². The first-order chi connectivity index (χ1) is 10.0. The summed E-state index contributed by atoms with van der Waals surface area (Å²) in [7, 11) is 0. The SMILES string of the molecule is C[C@](O)(CO)[C@H]1CCCN(C(=O)OCc2ccccc2)C1. The number of benzene rings is 1. The molecule has 1 aromatic rings. The summed E-state index contributed by atoms with van der Waals surface area (Å²) >= 11 is 0. The highest BCUT2D eigenvalue weighted by Crippen LogP contribution is 2.27. The minimum absolute atomic E-state index is 0.125. The maximum atomic E-state index is 12.1. The molecular weight excluding hydrogens is 270 g/mol. The molecule has 5 heteroatoms. The maximum absolute atomic E-state index is 12.1. The molecule has 5 nitrogen and oxygen atoms in total. The van der Waals surface area contributed by atoms with Crippen LogP contribution in [-0.4, -0.2) is 46.5 Å². The van der Waals surface area contributed by atoms with Crippen LogP contribution in [0, 0.1) is 5.92 Å². The van der Waals surface area contributed by atoms with Gasteiger partial charge in [-0.1, -0.05) is 30.3 Å². The number of amides is 1. The second-order valence-corrected chi connectivity index (χ2v) is 5.84. The molecule has 0 aliphatic carbocycles. The standard InChI is InChI=1S/C16H23NO4/c1-16(20,12-18)14-8-5-9-17(10-14)15(19)21-11-13-6-3-2-4-7-13/h2-4,6-7,14,18,20H,5,8-12H2,1H3/t14-,16-/m0/s1. The van der Waals surface area contributed by atoms with Crippen molar-refractivity contribution in [3.05, 3.63) is 35.9 Å². The van der Waals surface area contributed by atoms with Gasteiger partial charge in [0.2, 0.25) is 0 Å². The Balaban J connectivity index is 1.87. The Morgan fingerprint density at radius 2 is 2.14 bits per heavy atom. The van der Waals surface area contributed by atoms with E-state index in [0.717, 1.165) is 18.4 Å². The Morgan fingerprint density at radius 3 is 2.81 bits per heavy atom. The Morgan fingerprint density at radius 1 is 1.43 bits per heavy atom. The predicted octanol–water partition coefficient (Wildman–Crippen LogP) is 1.78. The Hall–Kier alpha value is -1.59. The first-order valence-electron chi connectivity index (χ1n) is 7.32. The molecule has 21 heavy (non-hydrogen) atoms. The van der Waals surface area contributed by atoms with E-state index < -0.39 is 5.60 Å². The fourth-order valence-electron chi connectivity index (χ4n) is 2.59. The van der Waals surface area contributed by atoms with Crippen molar-refractivity contribution in [3.8, 4) is 0 Å². The molecule has 1 heterocycles. The molecule has 0 bridgehead atoms. The van der Waals surface area contributed by atoms with Gasteiger partial charge >= 0.3 is 6.09 Å². The van der Waals surface area contributed by atoms with Crippen molar-refractivity contribution in [3.63, 3.8) is 0 Å².